The Morgan fingerprint density at radius 2 is 1.71 bits per heavy atom. The predicted octanol–water partition coefficient (Wildman–Crippen LogP) is 4.13. The normalized spacial score (nSPS) is 17.2. The molecule has 1 atom stereocenters. The number of likely N-dealkylation sites (tertiary alicyclic amines) is 1. The minimum atomic E-state index is -0.813. The number of rotatable bonds is 10. The summed E-state index contributed by atoms with van der Waals surface area (Å²) in [6.07, 6.45) is 0. The van der Waals surface area contributed by atoms with Crippen LogP contribution in [0.15, 0.2) is 42.0 Å². The third-order valence-corrected chi connectivity index (χ3v) is 6.53. The molecule has 0 radical (unpaired) electrons. The number of likely N-dealkylation sites (N-methyl/N-ethyl adjacent to an activating group) is 1. The van der Waals surface area contributed by atoms with Crippen molar-refractivity contribution in [3.8, 4) is 17.2 Å². The standard InChI is InChI=1S/C26H31ClN2O6/c1-6-28(7-2)11-12-29-23(16-9-8-10-17(13-16)33-3)22(25(31)26(29)32)24(30)18-14-21(35-5)19(27)15-20(18)34-4/h8-10,13-15,23,30H,6-7,11-12H2,1-5H3/b24-22+. The first-order valence-corrected chi connectivity index (χ1v) is 11.8. The molecule has 0 aromatic heterocycles. The van der Waals surface area contributed by atoms with Crippen LogP contribution in [0.5, 0.6) is 17.2 Å². The highest BCUT2D eigenvalue weighted by Gasteiger charge is 2.46. The Bertz CT molecular complexity index is 1130. The van der Waals surface area contributed by atoms with E-state index in [1.165, 1.54) is 31.3 Å². The van der Waals surface area contributed by atoms with Crippen LogP contribution < -0.4 is 14.2 Å². The van der Waals surface area contributed by atoms with Gasteiger partial charge in [-0.05, 0) is 36.9 Å². The molecule has 188 valence electrons. The van der Waals surface area contributed by atoms with Gasteiger partial charge in [-0.25, -0.2) is 0 Å². The molecule has 2 aromatic carbocycles. The number of amides is 1. The Kier molecular flexibility index (Phi) is 8.64. The van der Waals surface area contributed by atoms with Crippen molar-refractivity contribution in [1.29, 1.82) is 0 Å². The van der Waals surface area contributed by atoms with Crippen LogP contribution in [-0.4, -0.2) is 74.1 Å². The zero-order valence-electron chi connectivity index (χ0n) is 20.6. The first-order valence-electron chi connectivity index (χ1n) is 11.4. The van der Waals surface area contributed by atoms with Gasteiger partial charge in [0.05, 0.1) is 43.5 Å². The highest BCUT2D eigenvalue weighted by atomic mass is 35.5. The highest BCUT2D eigenvalue weighted by Crippen LogP contribution is 2.43. The van der Waals surface area contributed by atoms with Gasteiger partial charge in [-0.1, -0.05) is 37.6 Å². The molecule has 35 heavy (non-hydrogen) atoms. The van der Waals surface area contributed by atoms with E-state index in [1.807, 2.05) is 13.8 Å². The SMILES string of the molecule is CCN(CC)CCN1C(=O)C(=O)/C(=C(/O)c2cc(OC)c(Cl)cc2OC)C1c1cccc(OC)c1. The van der Waals surface area contributed by atoms with Crippen LogP contribution in [0, 0.1) is 0 Å². The first kappa shape index (κ1) is 26.4. The monoisotopic (exact) mass is 502 g/mol. The summed E-state index contributed by atoms with van der Waals surface area (Å²) in [4.78, 5) is 30.2. The first-order chi connectivity index (χ1) is 16.8. The number of benzene rings is 2. The van der Waals surface area contributed by atoms with E-state index in [1.54, 1.807) is 31.4 Å². The average molecular weight is 503 g/mol. The second kappa shape index (κ2) is 11.5. The fourth-order valence-electron chi connectivity index (χ4n) is 4.25. The van der Waals surface area contributed by atoms with Gasteiger partial charge in [0.1, 0.15) is 23.0 Å². The second-order valence-electron chi connectivity index (χ2n) is 7.98. The number of ketones is 1. The summed E-state index contributed by atoms with van der Waals surface area (Å²) >= 11 is 6.23. The lowest BCUT2D eigenvalue weighted by atomic mass is 9.94. The quantitative estimate of drug-likeness (QED) is 0.297. The average Bonchev–Trinajstić information content (AvgIpc) is 3.13. The van der Waals surface area contributed by atoms with E-state index in [0.29, 0.717) is 30.2 Å². The third-order valence-electron chi connectivity index (χ3n) is 6.23. The molecule has 9 heteroatoms. The molecule has 1 saturated heterocycles. The molecule has 0 bridgehead atoms. The van der Waals surface area contributed by atoms with Gasteiger partial charge < -0.3 is 29.1 Å². The van der Waals surface area contributed by atoms with Gasteiger partial charge in [-0.15, -0.1) is 0 Å². The summed E-state index contributed by atoms with van der Waals surface area (Å²) in [6, 6.07) is 9.29. The molecule has 3 rings (SSSR count). The smallest absolute Gasteiger partial charge is 0.295 e. The Morgan fingerprint density at radius 1 is 1.03 bits per heavy atom. The molecule has 8 nitrogen and oxygen atoms in total. The van der Waals surface area contributed by atoms with Gasteiger partial charge in [-0.2, -0.15) is 0 Å². The van der Waals surface area contributed by atoms with Crippen LogP contribution in [0.4, 0.5) is 0 Å². The molecule has 1 heterocycles. The number of halogens is 1. The summed E-state index contributed by atoms with van der Waals surface area (Å²) in [5, 5.41) is 11.7. The highest BCUT2D eigenvalue weighted by molar-refractivity contribution is 6.46. The van der Waals surface area contributed by atoms with E-state index in [2.05, 4.69) is 4.90 Å². The second-order valence-corrected chi connectivity index (χ2v) is 8.39. The fourth-order valence-corrected chi connectivity index (χ4v) is 4.48. The lowest BCUT2D eigenvalue weighted by molar-refractivity contribution is -0.140. The van der Waals surface area contributed by atoms with Crippen molar-refractivity contribution < 1.29 is 28.9 Å². The zero-order valence-corrected chi connectivity index (χ0v) is 21.4. The Hall–Kier alpha value is -3.23. The summed E-state index contributed by atoms with van der Waals surface area (Å²) in [6.45, 7) is 6.59. The van der Waals surface area contributed by atoms with Crippen molar-refractivity contribution in [1.82, 2.24) is 9.80 Å². The number of hydrogen-bond acceptors (Lipinski definition) is 7. The minimum absolute atomic E-state index is 0.0366. The molecule has 1 unspecified atom stereocenters. The molecule has 1 aliphatic rings. The third kappa shape index (κ3) is 5.23. The maximum absolute atomic E-state index is 13.3. The maximum Gasteiger partial charge on any atom is 0.295 e. The lowest BCUT2D eigenvalue weighted by Crippen LogP contribution is -2.38. The lowest BCUT2D eigenvalue weighted by Gasteiger charge is -2.28. The van der Waals surface area contributed by atoms with Gasteiger partial charge in [0.2, 0.25) is 0 Å². The van der Waals surface area contributed by atoms with Crippen molar-refractivity contribution in [2.75, 3.05) is 47.5 Å². The summed E-state index contributed by atoms with van der Waals surface area (Å²) < 4.78 is 16.1. The van der Waals surface area contributed by atoms with Crippen LogP contribution in [0.25, 0.3) is 5.76 Å². The summed E-state index contributed by atoms with van der Waals surface area (Å²) in [5.74, 6) is -0.706. The molecule has 1 amide bonds. The Balaban J connectivity index is 2.21. The number of methoxy groups -OCH3 is 3. The van der Waals surface area contributed by atoms with Crippen LogP contribution in [0.3, 0.4) is 0 Å². The van der Waals surface area contributed by atoms with Crippen molar-refractivity contribution in [3.63, 3.8) is 0 Å². The predicted molar refractivity (Wildman–Crippen MR) is 134 cm³/mol. The number of nitrogens with zero attached hydrogens (tertiary/aromatic N) is 2. The molecule has 1 aliphatic heterocycles. The van der Waals surface area contributed by atoms with Crippen LogP contribution in [0.1, 0.15) is 31.0 Å². The molecule has 0 aliphatic carbocycles. The van der Waals surface area contributed by atoms with Crippen LogP contribution in [0.2, 0.25) is 5.02 Å². The van der Waals surface area contributed by atoms with Gasteiger partial charge in [0.15, 0.2) is 0 Å². The number of ether oxygens (including phenoxy) is 3. The molecule has 0 spiro atoms. The zero-order chi connectivity index (χ0) is 25.7. The summed E-state index contributed by atoms with van der Waals surface area (Å²) in [7, 11) is 4.42. The number of carbonyl (C=O) groups is 2. The Morgan fingerprint density at radius 3 is 2.31 bits per heavy atom. The van der Waals surface area contributed by atoms with Gasteiger partial charge in [0.25, 0.3) is 11.7 Å². The fraction of sp³-hybridized carbons (Fsp3) is 0.385. The number of aliphatic hydroxyl groups is 1. The molecule has 2 aromatic rings. The van der Waals surface area contributed by atoms with Gasteiger partial charge >= 0.3 is 0 Å². The number of hydrogen-bond donors (Lipinski definition) is 1. The molecule has 1 N–H and O–H groups in total. The van der Waals surface area contributed by atoms with Crippen molar-refractivity contribution in [2.45, 2.75) is 19.9 Å². The molecular formula is C26H31ClN2O6. The number of Topliss-reactive ketones (excluding diaryl/α,β-unsaturated/α-hetero) is 1. The van der Waals surface area contributed by atoms with Crippen LogP contribution >= 0.6 is 11.6 Å². The van der Waals surface area contributed by atoms with Crippen LogP contribution in [-0.2, 0) is 9.59 Å². The van der Waals surface area contributed by atoms with Crippen molar-refractivity contribution in [3.05, 3.63) is 58.1 Å². The number of carbonyl (C=O) groups excluding carboxylic acids is 2. The molecular weight excluding hydrogens is 472 g/mol. The van der Waals surface area contributed by atoms with Gasteiger partial charge in [-0.3, -0.25) is 9.59 Å². The van der Waals surface area contributed by atoms with E-state index in [9.17, 15) is 14.7 Å². The molecule has 0 saturated carbocycles. The molecule has 1 fully saturated rings. The summed E-state index contributed by atoms with van der Waals surface area (Å²) in [5.41, 5.74) is 0.804. The maximum atomic E-state index is 13.3. The van der Waals surface area contributed by atoms with Crippen molar-refractivity contribution >= 4 is 29.1 Å². The topological polar surface area (TPSA) is 88.5 Å². The van der Waals surface area contributed by atoms with E-state index in [-0.39, 0.29) is 27.7 Å². The van der Waals surface area contributed by atoms with E-state index < -0.39 is 17.7 Å². The van der Waals surface area contributed by atoms with Gasteiger partial charge in [0, 0.05) is 19.2 Å². The van der Waals surface area contributed by atoms with E-state index >= 15 is 0 Å². The van der Waals surface area contributed by atoms with Crippen molar-refractivity contribution in [2.24, 2.45) is 0 Å². The minimum Gasteiger partial charge on any atom is -0.507 e. The number of aliphatic hydroxyl groups excluding tert-OH is 1. The van der Waals surface area contributed by atoms with E-state index in [0.717, 1.165) is 13.1 Å². The Labute approximate surface area is 210 Å². The largest absolute Gasteiger partial charge is 0.507 e. The van der Waals surface area contributed by atoms with E-state index in [4.69, 9.17) is 25.8 Å².